The molecule has 0 aliphatic carbocycles. The highest BCUT2D eigenvalue weighted by Crippen LogP contribution is 2.15. The molecule has 7 nitrogen and oxygen atoms in total. The zero-order valence-corrected chi connectivity index (χ0v) is 22.8. The van der Waals surface area contributed by atoms with Crippen LogP contribution in [-0.4, -0.2) is 30.9 Å². The van der Waals surface area contributed by atoms with Crippen LogP contribution in [0.25, 0.3) is 6.08 Å². The van der Waals surface area contributed by atoms with Crippen molar-refractivity contribution >= 4 is 23.9 Å². The van der Waals surface area contributed by atoms with Crippen LogP contribution in [-0.2, 0) is 33.9 Å². The van der Waals surface area contributed by atoms with Crippen LogP contribution in [0.2, 0.25) is 0 Å². The van der Waals surface area contributed by atoms with E-state index in [9.17, 15) is 14.4 Å². The van der Waals surface area contributed by atoms with E-state index >= 15 is 0 Å². The fourth-order valence-corrected chi connectivity index (χ4v) is 4.04. The molecular formula is C34H32N2O5. The van der Waals surface area contributed by atoms with Gasteiger partial charge >= 0.3 is 5.97 Å². The van der Waals surface area contributed by atoms with E-state index < -0.39 is 12.0 Å². The summed E-state index contributed by atoms with van der Waals surface area (Å²) < 4.78 is 10.7. The van der Waals surface area contributed by atoms with Crippen LogP contribution in [0, 0.1) is 0 Å². The summed E-state index contributed by atoms with van der Waals surface area (Å²) in [5, 5.41) is 5.59. The Labute approximate surface area is 239 Å². The fourth-order valence-electron chi connectivity index (χ4n) is 4.04. The average molecular weight is 549 g/mol. The highest BCUT2D eigenvalue weighted by atomic mass is 16.5. The number of hydrogen-bond donors (Lipinski definition) is 2. The minimum Gasteiger partial charge on any atom is -0.489 e. The number of esters is 1. The lowest BCUT2D eigenvalue weighted by Crippen LogP contribution is -2.43. The number of carbonyl (C=O) groups excluding carboxylic acids is 3. The van der Waals surface area contributed by atoms with Crippen molar-refractivity contribution in [2.24, 2.45) is 0 Å². The molecule has 0 radical (unpaired) electrons. The Kier molecular flexibility index (Phi) is 10.4. The van der Waals surface area contributed by atoms with E-state index in [0.29, 0.717) is 25.1 Å². The van der Waals surface area contributed by atoms with Crippen molar-refractivity contribution in [2.45, 2.75) is 25.6 Å². The lowest BCUT2D eigenvalue weighted by atomic mass is 10.0. The summed E-state index contributed by atoms with van der Waals surface area (Å²) in [7, 11) is 1.30. The summed E-state index contributed by atoms with van der Waals surface area (Å²) in [6, 6.07) is 32.9. The number of rotatable bonds is 12. The van der Waals surface area contributed by atoms with Gasteiger partial charge in [0.2, 0.25) is 5.91 Å². The third-order valence-electron chi connectivity index (χ3n) is 6.31. The summed E-state index contributed by atoms with van der Waals surface area (Å²) in [5.41, 5.74) is 4.11. The van der Waals surface area contributed by atoms with Crippen molar-refractivity contribution in [3.8, 4) is 5.75 Å². The summed E-state index contributed by atoms with van der Waals surface area (Å²) in [5.74, 6) is -0.379. The second kappa shape index (κ2) is 14.8. The third kappa shape index (κ3) is 9.21. The van der Waals surface area contributed by atoms with Gasteiger partial charge in [0.15, 0.2) is 0 Å². The highest BCUT2D eigenvalue weighted by Gasteiger charge is 2.22. The molecule has 0 aliphatic heterocycles. The number of ether oxygens (including phenoxy) is 2. The Morgan fingerprint density at radius 3 is 2.02 bits per heavy atom. The molecular weight excluding hydrogens is 516 g/mol. The molecule has 0 aliphatic rings. The predicted molar refractivity (Wildman–Crippen MR) is 158 cm³/mol. The fraction of sp³-hybridized carbons (Fsp3) is 0.147. The van der Waals surface area contributed by atoms with E-state index in [2.05, 4.69) is 10.6 Å². The van der Waals surface area contributed by atoms with Gasteiger partial charge in [-0.25, -0.2) is 4.79 Å². The topological polar surface area (TPSA) is 93.7 Å². The molecule has 0 heterocycles. The molecule has 0 bridgehead atoms. The first kappa shape index (κ1) is 28.8. The van der Waals surface area contributed by atoms with Gasteiger partial charge in [-0.1, -0.05) is 84.9 Å². The molecule has 0 spiro atoms. The monoisotopic (exact) mass is 548 g/mol. The van der Waals surface area contributed by atoms with Crippen LogP contribution in [0.5, 0.6) is 5.75 Å². The number of hydrogen-bond acceptors (Lipinski definition) is 5. The summed E-state index contributed by atoms with van der Waals surface area (Å²) in [6.45, 7) is 0.794. The number of methoxy groups -OCH3 is 1. The second-order valence-corrected chi connectivity index (χ2v) is 9.33. The lowest BCUT2D eigenvalue weighted by Gasteiger charge is -2.17. The summed E-state index contributed by atoms with van der Waals surface area (Å²) >= 11 is 0. The van der Waals surface area contributed by atoms with Gasteiger partial charge in [-0.15, -0.1) is 0 Å². The quantitative estimate of drug-likeness (QED) is 0.190. The van der Waals surface area contributed by atoms with Gasteiger partial charge in [0.1, 0.15) is 18.4 Å². The molecule has 4 aromatic rings. The lowest BCUT2D eigenvalue weighted by molar-refractivity contribution is -0.142. The molecule has 0 unspecified atom stereocenters. The van der Waals surface area contributed by atoms with Crippen molar-refractivity contribution in [2.75, 3.05) is 7.11 Å². The maximum absolute atomic E-state index is 12.8. The minimum atomic E-state index is -0.807. The zero-order chi connectivity index (χ0) is 28.9. The molecule has 0 aromatic heterocycles. The first-order valence-electron chi connectivity index (χ1n) is 13.2. The molecule has 4 rings (SSSR count). The van der Waals surface area contributed by atoms with E-state index in [0.717, 1.165) is 28.0 Å². The number of carbonyl (C=O) groups is 3. The van der Waals surface area contributed by atoms with Gasteiger partial charge in [-0.05, 0) is 52.6 Å². The van der Waals surface area contributed by atoms with Crippen LogP contribution in [0.4, 0.5) is 0 Å². The molecule has 1 atom stereocenters. The molecule has 0 fully saturated rings. The van der Waals surface area contributed by atoms with Crippen LogP contribution in [0.15, 0.2) is 115 Å². The van der Waals surface area contributed by atoms with Gasteiger partial charge < -0.3 is 20.1 Å². The van der Waals surface area contributed by atoms with Gasteiger partial charge in [0.25, 0.3) is 5.91 Å². The van der Waals surface area contributed by atoms with Gasteiger partial charge in [-0.2, -0.15) is 0 Å². The number of benzene rings is 4. The Hall–Kier alpha value is -5.17. The van der Waals surface area contributed by atoms with Crippen molar-refractivity contribution in [3.05, 3.63) is 143 Å². The Morgan fingerprint density at radius 1 is 0.756 bits per heavy atom. The highest BCUT2D eigenvalue weighted by molar-refractivity contribution is 5.97. The van der Waals surface area contributed by atoms with Gasteiger partial charge in [0.05, 0.1) is 7.11 Å². The van der Waals surface area contributed by atoms with E-state index in [1.165, 1.54) is 13.2 Å². The number of amides is 2. The normalized spacial score (nSPS) is 11.4. The van der Waals surface area contributed by atoms with E-state index in [-0.39, 0.29) is 11.8 Å². The zero-order valence-electron chi connectivity index (χ0n) is 22.8. The molecule has 2 N–H and O–H groups in total. The third-order valence-corrected chi connectivity index (χ3v) is 6.31. The van der Waals surface area contributed by atoms with Crippen molar-refractivity contribution < 1.29 is 23.9 Å². The van der Waals surface area contributed by atoms with E-state index in [4.69, 9.17) is 9.47 Å². The molecule has 0 saturated carbocycles. The Morgan fingerprint density at radius 2 is 1.39 bits per heavy atom. The van der Waals surface area contributed by atoms with Gasteiger partial charge in [-0.3, -0.25) is 9.59 Å². The van der Waals surface area contributed by atoms with Crippen LogP contribution >= 0.6 is 0 Å². The molecule has 41 heavy (non-hydrogen) atoms. The molecule has 0 saturated heterocycles. The predicted octanol–water partition coefficient (Wildman–Crippen LogP) is 5.11. The maximum atomic E-state index is 12.8. The van der Waals surface area contributed by atoms with Gasteiger partial charge in [0, 0.05) is 24.6 Å². The van der Waals surface area contributed by atoms with E-state index in [1.807, 2.05) is 84.9 Å². The van der Waals surface area contributed by atoms with Crippen LogP contribution < -0.4 is 15.4 Å². The first-order chi connectivity index (χ1) is 20.0. The van der Waals surface area contributed by atoms with Crippen LogP contribution in [0.3, 0.4) is 0 Å². The summed E-state index contributed by atoms with van der Waals surface area (Å²) in [4.78, 5) is 37.3. The Balaban J connectivity index is 1.23. The van der Waals surface area contributed by atoms with Crippen molar-refractivity contribution in [1.29, 1.82) is 0 Å². The molecule has 4 aromatic carbocycles. The largest absolute Gasteiger partial charge is 0.489 e. The summed E-state index contributed by atoms with van der Waals surface area (Å²) in [6.07, 6.45) is 3.53. The van der Waals surface area contributed by atoms with Crippen LogP contribution in [0.1, 0.15) is 32.6 Å². The van der Waals surface area contributed by atoms with Crippen molar-refractivity contribution in [3.63, 3.8) is 0 Å². The minimum absolute atomic E-state index is 0.238. The molecule has 208 valence electrons. The van der Waals surface area contributed by atoms with E-state index in [1.54, 1.807) is 30.3 Å². The van der Waals surface area contributed by atoms with Crippen molar-refractivity contribution in [1.82, 2.24) is 10.6 Å². The maximum Gasteiger partial charge on any atom is 0.328 e. The Bertz CT molecular complexity index is 1450. The molecule has 2 amide bonds. The second-order valence-electron chi connectivity index (χ2n) is 9.33. The molecule has 7 heteroatoms. The average Bonchev–Trinajstić information content (AvgIpc) is 3.02. The standard InChI is InChI=1S/C34H32N2O5/c1-40-34(39)31(22-26-8-4-2-5-9-26)36-33(38)29-17-12-27(13-18-29)23-35-32(37)21-16-25-14-19-30(20-15-25)41-24-28-10-6-3-7-11-28/h2-21,31H,22-24H2,1H3,(H,35,37)(H,36,38)/b21-16+/t31-/m0/s1. The smallest absolute Gasteiger partial charge is 0.328 e. The SMILES string of the molecule is COC(=O)[C@H](Cc1ccccc1)NC(=O)c1ccc(CNC(=O)/C=C/c2ccc(OCc3ccccc3)cc2)cc1. The number of nitrogens with one attached hydrogen (secondary N) is 2. The first-order valence-corrected chi connectivity index (χ1v) is 13.2.